The number of carbonyl (C=O) groups is 2. The number of rotatable bonds is 4. The fourth-order valence-corrected chi connectivity index (χ4v) is 2.47. The van der Waals surface area contributed by atoms with Crippen LogP contribution in [0, 0.1) is 4.77 Å². The van der Waals surface area contributed by atoms with E-state index in [2.05, 4.69) is 10.3 Å². The molecule has 1 aromatic carbocycles. The lowest BCUT2D eigenvalue weighted by atomic mass is 9.98. The monoisotopic (exact) mass is 349 g/mol. The van der Waals surface area contributed by atoms with Crippen LogP contribution in [0.1, 0.15) is 30.6 Å². The van der Waals surface area contributed by atoms with Gasteiger partial charge in [-0.1, -0.05) is 6.92 Å². The van der Waals surface area contributed by atoms with Gasteiger partial charge >= 0.3 is 5.97 Å². The fourth-order valence-electron chi connectivity index (χ4n) is 2.28. The Kier molecular flexibility index (Phi) is 4.88. The van der Waals surface area contributed by atoms with Crippen molar-refractivity contribution in [3.05, 3.63) is 38.9 Å². The molecule has 1 unspecified atom stereocenters. The summed E-state index contributed by atoms with van der Waals surface area (Å²) in [6.45, 7) is 3.37. The van der Waals surface area contributed by atoms with Crippen molar-refractivity contribution < 1.29 is 14.3 Å². The Morgan fingerprint density at radius 2 is 2.08 bits per heavy atom. The highest BCUT2D eigenvalue weighted by Gasteiger charge is 2.34. The minimum absolute atomic E-state index is 0.242. The van der Waals surface area contributed by atoms with Gasteiger partial charge in [0.25, 0.3) is 11.5 Å². The number of carbonyl (C=O) groups excluding carboxylic acids is 2. The minimum Gasteiger partial charge on any atom is -0.467 e. The van der Waals surface area contributed by atoms with Gasteiger partial charge in [-0.3, -0.25) is 14.2 Å². The predicted octanol–water partition coefficient (Wildman–Crippen LogP) is 1.67. The van der Waals surface area contributed by atoms with E-state index in [0.29, 0.717) is 22.9 Å². The molecule has 0 bridgehead atoms. The van der Waals surface area contributed by atoms with Crippen LogP contribution in [0.25, 0.3) is 10.9 Å². The smallest absolute Gasteiger partial charge is 0.331 e. The molecule has 1 heterocycles. The summed E-state index contributed by atoms with van der Waals surface area (Å²) in [5.41, 5.74) is -0.591. The number of methoxy groups -OCH3 is 1. The van der Waals surface area contributed by atoms with Crippen LogP contribution in [-0.2, 0) is 16.6 Å². The number of ether oxygens (including phenoxy) is 1. The number of aromatic amines is 1. The fraction of sp³-hybridized carbons (Fsp3) is 0.375. The van der Waals surface area contributed by atoms with Gasteiger partial charge in [0.15, 0.2) is 4.77 Å². The Bertz CT molecular complexity index is 931. The summed E-state index contributed by atoms with van der Waals surface area (Å²) in [6.07, 6.45) is 0.377. The van der Waals surface area contributed by atoms with Gasteiger partial charge in [-0.25, -0.2) is 4.79 Å². The van der Waals surface area contributed by atoms with Crippen LogP contribution in [0.2, 0.25) is 0 Å². The average molecular weight is 349 g/mol. The summed E-state index contributed by atoms with van der Waals surface area (Å²) >= 11 is 5.08. The molecule has 128 valence electrons. The third kappa shape index (κ3) is 3.09. The molecule has 0 saturated carbocycles. The highest BCUT2D eigenvalue weighted by atomic mass is 32.1. The van der Waals surface area contributed by atoms with E-state index in [1.807, 2.05) is 0 Å². The number of nitrogens with zero attached hydrogens (tertiary/aromatic N) is 1. The molecule has 0 fully saturated rings. The highest BCUT2D eigenvalue weighted by molar-refractivity contribution is 7.71. The standard InChI is InChI=1S/C16H19N3O4S/c1-5-16(2,14(22)23-4)18-12(20)9-6-7-10-11(8-9)17-15(24)19(3)13(10)21/h6-8H,5H2,1-4H3,(H,17,24)(H,18,20). The van der Waals surface area contributed by atoms with Crippen LogP contribution in [0.5, 0.6) is 0 Å². The van der Waals surface area contributed by atoms with E-state index in [1.54, 1.807) is 27.0 Å². The van der Waals surface area contributed by atoms with Crippen molar-refractivity contribution in [3.63, 3.8) is 0 Å². The molecular formula is C16H19N3O4S. The van der Waals surface area contributed by atoms with E-state index in [4.69, 9.17) is 17.0 Å². The van der Waals surface area contributed by atoms with Gasteiger partial charge in [0.05, 0.1) is 18.0 Å². The van der Waals surface area contributed by atoms with Crippen LogP contribution in [0.3, 0.4) is 0 Å². The van der Waals surface area contributed by atoms with Crippen molar-refractivity contribution in [2.75, 3.05) is 7.11 Å². The zero-order chi connectivity index (χ0) is 18.1. The van der Waals surface area contributed by atoms with Gasteiger partial charge in [-0.15, -0.1) is 0 Å². The maximum atomic E-state index is 12.5. The number of aromatic nitrogens is 2. The second kappa shape index (κ2) is 6.56. The summed E-state index contributed by atoms with van der Waals surface area (Å²) in [6, 6.07) is 4.62. The molecule has 0 aliphatic rings. The third-order valence-corrected chi connectivity index (χ3v) is 4.47. The Hall–Kier alpha value is -2.48. The number of esters is 1. The van der Waals surface area contributed by atoms with Crippen molar-refractivity contribution in [1.29, 1.82) is 0 Å². The van der Waals surface area contributed by atoms with E-state index in [0.717, 1.165) is 0 Å². The number of amides is 1. The van der Waals surface area contributed by atoms with Crippen LogP contribution in [0.4, 0.5) is 0 Å². The van der Waals surface area contributed by atoms with E-state index in [1.165, 1.54) is 23.8 Å². The van der Waals surface area contributed by atoms with Gasteiger partial charge in [-0.05, 0) is 43.8 Å². The largest absolute Gasteiger partial charge is 0.467 e. The molecule has 0 aliphatic carbocycles. The Labute approximate surface area is 143 Å². The number of nitrogens with one attached hydrogen (secondary N) is 2. The molecule has 0 aliphatic heterocycles. The number of hydrogen-bond donors (Lipinski definition) is 2. The molecule has 2 N–H and O–H groups in total. The maximum absolute atomic E-state index is 12.5. The Morgan fingerprint density at radius 3 is 2.67 bits per heavy atom. The summed E-state index contributed by atoms with van der Waals surface area (Å²) < 4.78 is 6.32. The highest BCUT2D eigenvalue weighted by Crippen LogP contribution is 2.15. The first-order chi connectivity index (χ1) is 11.2. The molecule has 1 atom stereocenters. The molecule has 1 amide bonds. The van der Waals surface area contributed by atoms with E-state index in [9.17, 15) is 14.4 Å². The summed E-state index contributed by atoms with van der Waals surface area (Å²) in [7, 11) is 2.85. The molecule has 7 nitrogen and oxygen atoms in total. The van der Waals surface area contributed by atoms with Crippen LogP contribution >= 0.6 is 12.2 Å². The number of H-pyrrole nitrogens is 1. The Morgan fingerprint density at radius 1 is 1.42 bits per heavy atom. The zero-order valence-corrected chi connectivity index (χ0v) is 14.7. The summed E-state index contributed by atoms with van der Waals surface area (Å²) in [4.78, 5) is 39.4. The topological polar surface area (TPSA) is 93.2 Å². The van der Waals surface area contributed by atoms with Gasteiger partial charge in [-0.2, -0.15) is 0 Å². The molecule has 0 radical (unpaired) electrons. The van der Waals surface area contributed by atoms with E-state index >= 15 is 0 Å². The lowest BCUT2D eigenvalue weighted by Crippen LogP contribution is -2.52. The number of hydrogen-bond acceptors (Lipinski definition) is 5. The van der Waals surface area contributed by atoms with Crippen molar-refractivity contribution >= 4 is 35.0 Å². The average Bonchev–Trinajstić information content (AvgIpc) is 2.58. The van der Waals surface area contributed by atoms with Crippen molar-refractivity contribution in [1.82, 2.24) is 14.9 Å². The van der Waals surface area contributed by atoms with E-state index < -0.39 is 17.4 Å². The van der Waals surface area contributed by atoms with E-state index in [-0.39, 0.29) is 10.3 Å². The molecule has 2 aromatic rings. The van der Waals surface area contributed by atoms with Gasteiger partial charge < -0.3 is 15.0 Å². The lowest BCUT2D eigenvalue weighted by Gasteiger charge is -2.26. The maximum Gasteiger partial charge on any atom is 0.331 e. The summed E-state index contributed by atoms with van der Waals surface area (Å²) in [5.74, 6) is -0.959. The van der Waals surface area contributed by atoms with Crippen molar-refractivity contribution in [2.45, 2.75) is 25.8 Å². The van der Waals surface area contributed by atoms with Crippen LogP contribution in [-0.4, -0.2) is 34.1 Å². The second-order valence-corrected chi connectivity index (χ2v) is 6.07. The first-order valence-electron chi connectivity index (χ1n) is 7.37. The molecule has 8 heteroatoms. The van der Waals surface area contributed by atoms with Crippen LogP contribution in [0.15, 0.2) is 23.0 Å². The quantitative estimate of drug-likeness (QED) is 0.647. The first kappa shape index (κ1) is 17.9. The SMILES string of the molecule is CCC(C)(NC(=O)c1ccc2c(=O)n(C)c(=S)[nH]c2c1)C(=O)OC. The van der Waals surface area contributed by atoms with Crippen LogP contribution < -0.4 is 10.9 Å². The molecule has 1 aromatic heterocycles. The van der Waals surface area contributed by atoms with Crippen molar-refractivity contribution in [3.8, 4) is 0 Å². The lowest BCUT2D eigenvalue weighted by molar-refractivity contribution is -0.147. The van der Waals surface area contributed by atoms with Crippen molar-refractivity contribution in [2.24, 2.45) is 7.05 Å². The van der Waals surface area contributed by atoms with Gasteiger partial charge in [0.2, 0.25) is 0 Å². The zero-order valence-electron chi connectivity index (χ0n) is 13.9. The molecule has 2 rings (SSSR count). The number of fused-ring (bicyclic) bond motifs is 1. The second-order valence-electron chi connectivity index (χ2n) is 5.69. The minimum atomic E-state index is -1.12. The first-order valence-corrected chi connectivity index (χ1v) is 7.78. The third-order valence-electron chi connectivity index (χ3n) is 4.10. The van der Waals surface area contributed by atoms with Gasteiger partial charge in [0, 0.05) is 12.6 Å². The molecular weight excluding hydrogens is 330 g/mol. The normalized spacial score (nSPS) is 13.3. The molecule has 0 spiro atoms. The summed E-state index contributed by atoms with van der Waals surface area (Å²) in [5, 5.41) is 3.10. The Balaban J connectivity index is 2.44. The molecule has 0 saturated heterocycles. The molecule has 24 heavy (non-hydrogen) atoms. The van der Waals surface area contributed by atoms with Gasteiger partial charge in [0.1, 0.15) is 5.54 Å². The number of benzene rings is 1. The predicted molar refractivity (Wildman–Crippen MR) is 92.6 cm³/mol.